The summed E-state index contributed by atoms with van der Waals surface area (Å²) >= 11 is 4.69. The average Bonchev–Trinajstić information content (AvgIpc) is 2.30. The predicted octanol–water partition coefficient (Wildman–Crippen LogP) is 0.889. The van der Waals surface area contributed by atoms with Gasteiger partial charge in [0.15, 0.2) is 11.7 Å². The number of carbonyl (C=O) groups is 1. The first-order chi connectivity index (χ1) is 8.40. The molecule has 0 saturated heterocycles. The maximum Gasteiger partial charge on any atom is 0.276 e. The van der Waals surface area contributed by atoms with Crippen LogP contribution < -0.4 is 15.9 Å². The number of amides is 1. The summed E-state index contributed by atoms with van der Waals surface area (Å²) in [5.74, 6) is 0.342. The lowest BCUT2D eigenvalue weighted by molar-refractivity contribution is -0.126. The normalized spacial score (nSPS) is 9.72. The minimum absolute atomic E-state index is 0.0878. The van der Waals surface area contributed by atoms with Crippen LogP contribution in [0.15, 0.2) is 18.2 Å². The van der Waals surface area contributed by atoms with E-state index in [0.29, 0.717) is 5.75 Å². The molecule has 0 aliphatic heterocycles. The van der Waals surface area contributed by atoms with Gasteiger partial charge in [0, 0.05) is 7.05 Å². The van der Waals surface area contributed by atoms with E-state index in [2.05, 4.69) is 5.43 Å². The highest BCUT2D eigenvalue weighted by Gasteiger charge is 2.07. The van der Waals surface area contributed by atoms with Crippen molar-refractivity contribution in [3.05, 3.63) is 29.3 Å². The number of hydrogen-bond donors (Lipinski definition) is 2. The lowest BCUT2D eigenvalue weighted by Crippen LogP contribution is -2.47. The number of rotatable bonds is 3. The molecule has 1 aromatic carbocycles. The van der Waals surface area contributed by atoms with Gasteiger partial charge >= 0.3 is 0 Å². The van der Waals surface area contributed by atoms with E-state index >= 15 is 0 Å². The Labute approximate surface area is 112 Å². The molecule has 0 aliphatic carbocycles. The fraction of sp³-hybridized carbons (Fsp3) is 0.333. The molecular weight excluding hydrogens is 250 g/mol. The molecule has 1 rings (SSSR count). The maximum absolute atomic E-state index is 11.5. The number of carbonyl (C=O) groups excluding carboxylic acids is 1. The molecular formula is C12H17N3O2S. The SMILES string of the molecule is Cc1ccc(OCC(=O)NN(C)C(N)=S)cc1C. The second kappa shape index (κ2) is 6.20. The highest BCUT2D eigenvalue weighted by atomic mass is 32.1. The molecule has 3 N–H and O–H groups in total. The lowest BCUT2D eigenvalue weighted by Gasteiger charge is -2.17. The zero-order chi connectivity index (χ0) is 13.7. The number of nitrogens with one attached hydrogen (secondary N) is 1. The van der Waals surface area contributed by atoms with Gasteiger partial charge in [0.25, 0.3) is 5.91 Å². The van der Waals surface area contributed by atoms with Crippen LogP contribution in [0.3, 0.4) is 0 Å². The lowest BCUT2D eigenvalue weighted by atomic mass is 10.1. The Balaban J connectivity index is 2.47. The van der Waals surface area contributed by atoms with Gasteiger partial charge in [0.2, 0.25) is 0 Å². The molecule has 0 heterocycles. The van der Waals surface area contributed by atoms with Gasteiger partial charge in [-0.2, -0.15) is 0 Å². The average molecular weight is 267 g/mol. The molecule has 18 heavy (non-hydrogen) atoms. The third kappa shape index (κ3) is 4.21. The molecule has 0 fully saturated rings. The molecule has 0 aromatic heterocycles. The largest absolute Gasteiger partial charge is 0.484 e. The van der Waals surface area contributed by atoms with E-state index in [4.69, 9.17) is 22.7 Å². The fourth-order valence-corrected chi connectivity index (χ4v) is 1.27. The van der Waals surface area contributed by atoms with Crippen molar-refractivity contribution in [2.75, 3.05) is 13.7 Å². The monoisotopic (exact) mass is 267 g/mol. The van der Waals surface area contributed by atoms with Crippen molar-refractivity contribution in [2.24, 2.45) is 5.73 Å². The van der Waals surface area contributed by atoms with Crippen LogP contribution in [0.4, 0.5) is 0 Å². The first-order valence-corrected chi connectivity index (χ1v) is 5.83. The number of thiocarbonyl (C=S) groups is 1. The van der Waals surface area contributed by atoms with Crippen molar-refractivity contribution in [1.82, 2.24) is 10.4 Å². The number of aryl methyl sites for hydroxylation is 2. The van der Waals surface area contributed by atoms with Crippen LogP contribution in [0, 0.1) is 13.8 Å². The fourth-order valence-electron chi connectivity index (χ4n) is 1.23. The van der Waals surface area contributed by atoms with E-state index in [0.717, 1.165) is 5.56 Å². The summed E-state index contributed by atoms with van der Waals surface area (Å²) in [4.78, 5) is 11.5. The van der Waals surface area contributed by atoms with Crippen LogP contribution >= 0.6 is 12.2 Å². The summed E-state index contributed by atoms with van der Waals surface area (Å²) < 4.78 is 5.36. The molecule has 1 aromatic rings. The maximum atomic E-state index is 11.5. The smallest absolute Gasteiger partial charge is 0.276 e. The third-order valence-corrected chi connectivity index (χ3v) is 2.75. The predicted molar refractivity (Wildman–Crippen MR) is 74.1 cm³/mol. The van der Waals surface area contributed by atoms with Gasteiger partial charge in [-0.15, -0.1) is 0 Å². The second-order valence-corrected chi connectivity index (χ2v) is 4.39. The van der Waals surface area contributed by atoms with E-state index in [9.17, 15) is 4.79 Å². The van der Waals surface area contributed by atoms with E-state index in [-0.39, 0.29) is 17.6 Å². The highest BCUT2D eigenvalue weighted by molar-refractivity contribution is 7.80. The van der Waals surface area contributed by atoms with Gasteiger partial charge in [0.1, 0.15) is 5.75 Å². The Morgan fingerprint density at radius 1 is 1.44 bits per heavy atom. The quantitative estimate of drug-likeness (QED) is 0.629. The van der Waals surface area contributed by atoms with E-state index in [1.165, 1.54) is 10.6 Å². The van der Waals surface area contributed by atoms with Gasteiger partial charge in [-0.1, -0.05) is 6.07 Å². The molecule has 1 amide bonds. The van der Waals surface area contributed by atoms with Crippen LogP contribution in [0.1, 0.15) is 11.1 Å². The summed E-state index contributed by atoms with van der Waals surface area (Å²) in [6.07, 6.45) is 0. The number of nitrogens with two attached hydrogens (primary N) is 1. The molecule has 5 nitrogen and oxygen atoms in total. The van der Waals surface area contributed by atoms with Crippen LogP contribution in [-0.4, -0.2) is 29.7 Å². The van der Waals surface area contributed by atoms with Gasteiger partial charge < -0.3 is 10.5 Å². The molecule has 0 aliphatic rings. The zero-order valence-corrected chi connectivity index (χ0v) is 11.5. The van der Waals surface area contributed by atoms with Gasteiger partial charge in [0.05, 0.1) is 0 Å². The third-order valence-electron chi connectivity index (χ3n) is 2.47. The first-order valence-electron chi connectivity index (χ1n) is 5.43. The minimum Gasteiger partial charge on any atom is -0.484 e. The van der Waals surface area contributed by atoms with Crippen molar-refractivity contribution >= 4 is 23.2 Å². The van der Waals surface area contributed by atoms with E-state index in [1.54, 1.807) is 7.05 Å². The van der Waals surface area contributed by atoms with Crippen LogP contribution in [0.5, 0.6) is 5.75 Å². The van der Waals surface area contributed by atoms with Gasteiger partial charge in [-0.25, -0.2) is 0 Å². The number of nitrogens with zero attached hydrogens (tertiary/aromatic N) is 1. The number of hydrogen-bond acceptors (Lipinski definition) is 3. The summed E-state index contributed by atoms with van der Waals surface area (Å²) in [6, 6.07) is 5.66. The van der Waals surface area contributed by atoms with Crippen LogP contribution in [-0.2, 0) is 4.79 Å². The Kier molecular flexibility index (Phi) is 4.91. The Morgan fingerprint density at radius 3 is 2.67 bits per heavy atom. The molecule has 0 spiro atoms. The van der Waals surface area contributed by atoms with Gasteiger partial charge in [-0.3, -0.25) is 15.2 Å². The first kappa shape index (κ1) is 14.2. The van der Waals surface area contributed by atoms with Crippen molar-refractivity contribution in [1.29, 1.82) is 0 Å². The molecule has 0 bridgehead atoms. The molecule has 0 unspecified atom stereocenters. The zero-order valence-electron chi connectivity index (χ0n) is 10.7. The Hall–Kier alpha value is -1.82. The van der Waals surface area contributed by atoms with Crippen molar-refractivity contribution in [3.63, 3.8) is 0 Å². The molecule has 98 valence electrons. The molecule has 0 saturated carbocycles. The van der Waals surface area contributed by atoms with Crippen LogP contribution in [0.2, 0.25) is 0 Å². The highest BCUT2D eigenvalue weighted by Crippen LogP contribution is 2.16. The van der Waals surface area contributed by atoms with Crippen molar-refractivity contribution in [2.45, 2.75) is 13.8 Å². The van der Waals surface area contributed by atoms with E-state index < -0.39 is 0 Å². The molecule has 0 radical (unpaired) electrons. The van der Waals surface area contributed by atoms with Crippen molar-refractivity contribution in [3.8, 4) is 5.75 Å². The van der Waals surface area contributed by atoms with Crippen molar-refractivity contribution < 1.29 is 9.53 Å². The number of benzene rings is 1. The Bertz CT molecular complexity index is 463. The summed E-state index contributed by atoms with van der Waals surface area (Å²) in [5, 5.41) is 1.36. The number of hydrazine groups is 1. The summed E-state index contributed by atoms with van der Waals surface area (Å²) in [6.45, 7) is 3.92. The number of ether oxygens (including phenoxy) is 1. The van der Waals surface area contributed by atoms with Gasteiger partial charge in [-0.05, 0) is 49.3 Å². The van der Waals surface area contributed by atoms with E-state index in [1.807, 2.05) is 32.0 Å². The van der Waals surface area contributed by atoms with Crippen LogP contribution in [0.25, 0.3) is 0 Å². The Morgan fingerprint density at radius 2 is 2.11 bits per heavy atom. The summed E-state index contributed by atoms with van der Waals surface area (Å²) in [7, 11) is 1.57. The molecule has 0 atom stereocenters. The molecule has 6 heteroatoms. The second-order valence-electron chi connectivity index (χ2n) is 3.97. The summed E-state index contributed by atoms with van der Waals surface area (Å²) in [5.41, 5.74) is 10.1. The minimum atomic E-state index is -0.316. The topological polar surface area (TPSA) is 67.6 Å². The standard InChI is InChI=1S/C12H17N3O2S/c1-8-4-5-10(6-9(8)2)17-7-11(16)14-15(3)12(13)18/h4-6H,7H2,1-3H3,(H2,13,18)(H,14,16).